The normalized spacial score (nSPS) is 11.2. The van der Waals surface area contributed by atoms with Gasteiger partial charge in [0.1, 0.15) is 11.8 Å². The van der Waals surface area contributed by atoms with Crippen molar-refractivity contribution >= 4 is 0 Å². The summed E-state index contributed by atoms with van der Waals surface area (Å²) in [6.45, 7) is 13.9. The minimum atomic E-state index is 0.471. The van der Waals surface area contributed by atoms with Crippen LogP contribution in [0, 0.1) is 18.3 Å². The Bertz CT molecular complexity index is 417. The summed E-state index contributed by atoms with van der Waals surface area (Å²) >= 11 is 0. The SMILES string of the molecule is CCn1c(C#N)c(C)c(C(C)C)c1C(C)C. The molecule has 0 amide bonds. The van der Waals surface area contributed by atoms with E-state index in [1.54, 1.807) is 0 Å². The van der Waals surface area contributed by atoms with Crippen LogP contribution in [0.5, 0.6) is 0 Å². The second kappa shape index (κ2) is 4.74. The second-order valence-electron chi connectivity index (χ2n) is 4.94. The zero-order valence-corrected chi connectivity index (χ0v) is 11.3. The van der Waals surface area contributed by atoms with Crippen LogP contribution < -0.4 is 0 Å². The molecule has 0 bridgehead atoms. The summed E-state index contributed by atoms with van der Waals surface area (Å²) in [6.07, 6.45) is 0. The Labute approximate surface area is 98.9 Å². The van der Waals surface area contributed by atoms with Gasteiger partial charge in [-0.15, -0.1) is 0 Å². The molecule has 88 valence electrons. The Kier molecular flexibility index (Phi) is 3.80. The molecule has 1 rings (SSSR count). The first-order valence-corrected chi connectivity index (χ1v) is 6.08. The van der Waals surface area contributed by atoms with Crippen molar-refractivity contribution in [3.05, 3.63) is 22.5 Å². The topological polar surface area (TPSA) is 28.7 Å². The molecule has 0 aliphatic rings. The van der Waals surface area contributed by atoms with E-state index in [0.29, 0.717) is 11.8 Å². The molecule has 2 heteroatoms. The summed E-state index contributed by atoms with van der Waals surface area (Å²) in [6, 6.07) is 2.35. The summed E-state index contributed by atoms with van der Waals surface area (Å²) < 4.78 is 2.18. The van der Waals surface area contributed by atoms with Crippen molar-refractivity contribution in [3.8, 4) is 6.07 Å². The molecule has 0 radical (unpaired) electrons. The minimum absolute atomic E-state index is 0.471. The predicted octanol–water partition coefficient (Wildman–Crippen LogP) is 3.93. The molecule has 0 unspecified atom stereocenters. The quantitative estimate of drug-likeness (QED) is 0.755. The third kappa shape index (κ3) is 1.87. The molecular weight excluding hydrogens is 196 g/mol. The fourth-order valence-electron chi connectivity index (χ4n) is 2.61. The molecule has 0 fully saturated rings. The van der Waals surface area contributed by atoms with E-state index in [1.165, 1.54) is 16.8 Å². The molecule has 0 aliphatic carbocycles. The summed E-state index contributed by atoms with van der Waals surface area (Å²) in [7, 11) is 0. The Balaban J connectivity index is 3.61. The van der Waals surface area contributed by atoms with Crippen molar-refractivity contribution < 1.29 is 0 Å². The molecule has 0 aromatic carbocycles. The van der Waals surface area contributed by atoms with E-state index in [9.17, 15) is 5.26 Å². The van der Waals surface area contributed by atoms with Crippen LogP contribution in [-0.2, 0) is 6.54 Å². The number of rotatable bonds is 3. The lowest BCUT2D eigenvalue weighted by molar-refractivity contribution is 0.651. The average Bonchev–Trinajstić information content (AvgIpc) is 2.50. The molecule has 0 atom stereocenters. The summed E-state index contributed by atoms with van der Waals surface area (Å²) in [5.74, 6) is 0.954. The van der Waals surface area contributed by atoms with Gasteiger partial charge in [0.2, 0.25) is 0 Å². The number of aromatic nitrogens is 1. The van der Waals surface area contributed by atoms with Gasteiger partial charge >= 0.3 is 0 Å². The van der Waals surface area contributed by atoms with Gasteiger partial charge in [-0.05, 0) is 36.8 Å². The van der Waals surface area contributed by atoms with Crippen LogP contribution in [-0.4, -0.2) is 4.57 Å². The maximum absolute atomic E-state index is 9.26. The van der Waals surface area contributed by atoms with Gasteiger partial charge in [-0.25, -0.2) is 0 Å². The molecule has 0 spiro atoms. The number of hydrogen-bond acceptors (Lipinski definition) is 1. The first-order chi connectivity index (χ1) is 7.45. The third-order valence-electron chi connectivity index (χ3n) is 3.14. The fourth-order valence-corrected chi connectivity index (χ4v) is 2.61. The van der Waals surface area contributed by atoms with Crippen molar-refractivity contribution in [1.29, 1.82) is 5.26 Å². The monoisotopic (exact) mass is 218 g/mol. The lowest BCUT2D eigenvalue weighted by Gasteiger charge is -2.15. The number of nitriles is 1. The Hall–Kier alpha value is -1.23. The Morgan fingerprint density at radius 1 is 1.19 bits per heavy atom. The van der Waals surface area contributed by atoms with E-state index in [0.717, 1.165) is 12.2 Å². The van der Waals surface area contributed by atoms with E-state index < -0.39 is 0 Å². The lowest BCUT2D eigenvalue weighted by atomic mass is 9.94. The van der Waals surface area contributed by atoms with E-state index in [-0.39, 0.29) is 0 Å². The molecule has 0 aliphatic heterocycles. The van der Waals surface area contributed by atoms with Crippen LogP contribution >= 0.6 is 0 Å². The van der Waals surface area contributed by atoms with Gasteiger partial charge in [0.05, 0.1) is 0 Å². The molecular formula is C14H22N2. The van der Waals surface area contributed by atoms with Gasteiger partial charge in [0, 0.05) is 12.2 Å². The van der Waals surface area contributed by atoms with Gasteiger partial charge in [-0.2, -0.15) is 5.26 Å². The van der Waals surface area contributed by atoms with Crippen LogP contribution in [0.15, 0.2) is 0 Å². The van der Waals surface area contributed by atoms with Gasteiger partial charge in [-0.3, -0.25) is 0 Å². The maximum Gasteiger partial charge on any atom is 0.123 e. The first kappa shape index (κ1) is 12.8. The maximum atomic E-state index is 9.26. The van der Waals surface area contributed by atoms with Gasteiger partial charge in [0.15, 0.2) is 0 Å². The molecule has 1 aromatic heterocycles. The summed E-state index contributed by atoms with van der Waals surface area (Å²) in [5.41, 5.74) is 4.72. The summed E-state index contributed by atoms with van der Waals surface area (Å²) in [4.78, 5) is 0. The summed E-state index contributed by atoms with van der Waals surface area (Å²) in [5, 5.41) is 9.26. The highest BCUT2D eigenvalue weighted by Gasteiger charge is 2.22. The van der Waals surface area contributed by atoms with Crippen LogP contribution in [0.1, 0.15) is 69.0 Å². The Morgan fingerprint density at radius 3 is 2.06 bits per heavy atom. The minimum Gasteiger partial charge on any atom is -0.336 e. The smallest absolute Gasteiger partial charge is 0.123 e. The van der Waals surface area contributed by atoms with Gasteiger partial charge in [-0.1, -0.05) is 27.7 Å². The van der Waals surface area contributed by atoms with E-state index in [1.807, 2.05) is 0 Å². The molecule has 0 saturated heterocycles. The third-order valence-corrected chi connectivity index (χ3v) is 3.14. The van der Waals surface area contributed by atoms with Gasteiger partial charge in [0.25, 0.3) is 0 Å². The van der Waals surface area contributed by atoms with Crippen LogP contribution in [0.4, 0.5) is 0 Å². The van der Waals surface area contributed by atoms with Crippen molar-refractivity contribution in [2.45, 2.75) is 59.9 Å². The molecule has 2 nitrogen and oxygen atoms in total. The zero-order chi connectivity index (χ0) is 12.5. The molecule has 1 aromatic rings. The molecule has 1 heterocycles. The first-order valence-electron chi connectivity index (χ1n) is 6.08. The second-order valence-corrected chi connectivity index (χ2v) is 4.94. The molecule has 0 saturated carbocycles. The van der Waals surface area contributed by atoms with Crippen molar-refractivity contribution in [1.82, 2.24) is 4.57 Å². The van der Waals surface area contributed by atoms with Crippen molar-refractivity contribution in [3.63, 3.8) is 0 Å². The highest BCUT2D eigenvalue weighted by Crippen LogP contribution is 2.33. The van der Waals surface area contributed by atoms with Crippen molar-refractivity contribution in [2.24, 2.45) is 0 Å². The zero-order valence-electron chi connectivity index (χ0n) is 11.3. The Morgan fingerprint density at radius 2 is 1.75 bits per heavy atom. The highest BCUT2D eigenvalue weighted by atomic mass is 15.0. The van der Waals surface area contributed by atoms with Crippen LogP contribution in [0.3, 0.4) is 0 Å². The van der Waals surface area contributed by atoms with Gasteiger partial charge < -0.3 is 4.57 Å². The average molecular weight is 218 g/mol. The van der Waals surface area contributed by atoms with E-state index in [2.05, 4.69) is 52.2 Å². The predicted molar refractivity (Wildman–Crippen MR) is 67.7 cm³/mol. The van der Waals surface area contributed by atoms with Crippen LogP contribution in [0.2, 0.25) is 0 Å². The molecule has 0 N–H and O–H groups in total. The number of nitrogens with zero attached hydrogens (tertiary/aromatic N) is 2. The standard InChI is InChI=1S/C14H22N2/c1-7-16-12(8-15)11(6)13(9(2)3)14(16)10(4)5/h9-10H,7H2,1-6H3. The van der Waals surface area contributed by atoms with E-state index in [4.69, 9.17) is 0 Å². The highest BCUT2D eigenvalue weighted by molar-refractivity contribution is 5.46. The van der Waals surface area contributed by atoms with Crippen molar-refractivity contribution in [2.75, 3.05) is 0 Å². The van der Waals surface area contributed by atoms with E-state index >= 15 is 0 Å². The van der Waals surface area contributed by atoms with Crippen LogP contribution in [0.25, 0.3) is 0 Å². The number of hydrogen-bond donors (Lipinski definition) is 0. The fraction of sp³-hybridized carbons (Fsp3) is 0.643. The lowest BCUT2D eigenvalue weighted by Crippen LogP contribution is -2.06. The largest absolute Gasteiger partial charge is 0.336 e. The molecule has 16 heavy (non-hydrogen) atoms.